The van der Waals surface area contributed by atoms with Crippen LogP contribution in [-0.4, -0.2) is 4.98 Å². The fraction of sp³-hybridized carbons (Fsp3) is 0.0667. The molecule has 3 heteroatoms. The standard InChI is InChI=1S/C29H20N2O.CH4/c30-19-18-21-10-9-15-24(20-21)25-16-7-8-17-26(25)29-31-27(22-11-3-1-4-12-22)28(32-29)23-13-5-2-6-14-23;/h1-17,20H,18H2;1H4. The summed E-state index contributed by atoms with van der Waals surface area (Å²) in [5.41, 5.74) is 6.78. The molecule has 1 heterocycles. The van der Waals surface area contributed by atoms with E-state index in [0.29, 0.717) is 12.3 Å². The fourth-order valence-electron chi connectivity index (χ4n) is 3.87. The van der Waals surface area contributed by atoms with E-state index >= 15 is 0 Å². The smallest absolute Gasteiger partial charge is 0.227 e. The number of nitrogens with zero attached hydrogens (tertiary/aromatic N) is 2. The van der Waals surface area contributed by atoms with Crippen molar-refractivity contribution in [1.29, 1.82) is 5.26 Å². The van der Waals surface area contributed by atoms with Crippen LogP contribution in [0.3, 0.4) is 0 Å². The summed E-state index contributed by atoms with van der Waals surface area (Å²) >= 11 is 0. The van der Waals surface area contributed by atoms with Crippen molar-refractivity contribution < 1.29 is 4.42 Å². The zero-order valence-electron chi connectivity index (χ0n) is 17.4. The van der Waals surface area contributed by atoms with E-state index in [1.807, 2.05) is 91.0 Å². The summed E-state index contributed by atoms with van der Waals surface area (Å²) < 4.78 is 6.42. The summed E-state index contributed by atoms with van der Waals surface area (Å²) in [5, 5.41) is 9.09. The third-order valence-corrected chi connectivity index (χ3v) is 5.39. The molecule has 0 fully saturated rings. The number of nitriles is 1. The molecular weight excluding hydrogens is 404 g/mol. The Kier molecular flexibility index (Phi) is 6.48. The third kappa shape index (κ3) is 4.46. The molecule has 3 nitrogen and oxygen atoms in total. The van der Waals surface area contributed by atoms with Gasteiger partial charge in [0.1, 0.15) is 5.69 Å². The summed E-state index contributed by atoms with van der Waals surface area (Å²) in [6.45, 7) is 0. The van der Waals surface area contributed by atoms with Crippen molar-refractivity contribution in [2.75, 3.05) is 0 Å². The number of oxazole rings is 1. The molecule has 1 aromatic heterocycles. The van der Waals surface area contributed by atoms with Gasteiger partial charge < -0.3 is 4.42 Å². The predicted octanol–water partition coefficient (Wildman–Crippen LogP) is 8.04. The van der Waals surface area contributed by atoms with Crippen LogP contribution < -0.4 is 0 Å². The van der Waals surface area contributed by atoms with E-state index in [9.17, 15) is 0 Å². The van der Waals surface area contributed by atoms with Gasteiger partial charge in [0.05, 0.1) is 12.5 Å². The van der Waals surface area contributed by atoms with E-state index in [1.54, 1.807) is 0 Å². The number of aromatic nitrogens is 1. The van der Waals surface area contributed by atoms with Crippen molar-refractivity contribution in [3.8, 4) is 51.2 Å². The molecule has 0 bridgehead atoms. The Labute approximate surface area is 194 Å². The molecule has 0 saturated carbocycles. The molecule has 0 unspecified atom stereocenters. The maximum absolute atomic E-state index is 9.09. The lowest BCUT2D eigenvalue weighted by molar-refractivity contribution is 0.589. The van der Waals surface area contributed by atoms with Crippen LogP contribution >= 0.6 is 0 Å². The van der Waals surface area contributed by atoms with Crippen molar-refractivity contribution in [3.63, 3.8) is 0 Å². The van der Waals surface area contributed by atoms with Crippen molar-refractivity contribution in [2.24, 2.45) is 0 Å². The maximum atomic E-state index is 9.09. The van der Waals surface area contributed by atoms with E-state index < -0.39 is 0 Å². The van der Waals surface area contributed by atoms with Gasteiger partial charge in [0.2, 0.25) is 5.89 Å². The summed E-state index contributed by atoms with van der Waals surface area (Å²) in [6.07, 6.45) is 0.380. The number of rotatable bonds is 5. The second-order valence-corrected chi connectivity index (χ2v) is 7.51. The number of hydrogen-bond acceptors (Lipinski definition) is 3. The van der Waals surface area contributed by atoms with Gasteiger partial charge in [-0.1, -0.05) is 111 Å². The summed E-state index contributed by atoms with van der Waals surface area (Å²) in [7, 11) is 0. The molecule has 0 atom stereocenters. The average Bonchev–Trinajstić information content (AvgIpc) is 3.31. The van der Waals surface area contributed by atoms with E-state index in [4.69, 9.17) is 14.7 Å². The number of benzene rings is 4. The van der Waals surface area contributed by atoms with Crippen LogP contribution in [0.2, 0.25) is 0 Å². The van der Waals surface area contributed by atoms with Crippen LogP contribution in [0.25, 0.3) is 45.2 Å². The Balaban J connectivity index is 0.00000259. The Morgan fingerprint density at radius 2 is 1.27 bits per heavy atom. The fourth-order valence-corrected chi connectivity index (χ4v) is 3.87. The van der Waals surface area contributed by atoms with Gasteiger partial charge in [0.15, 0.2) is 5.76 Å². The summed E-state index contributed by atoms with van der Waals surface area (Å²) in [5.74, 6) is 1.32. The lowest BCUT2D eigenvalue weighted by Crippen LogP contribution is -1.88. The molecule has 0 spiro atoms. The lowest BCUT2D eigenvalue weighted by Gasteiger charge is -2.08. The van der Waals surface area contributed by atoms with E-state index in [0.717, 1.165) is 44.8 Å². The Morgan fingerprint density at radius 3 is 1.97 bits per heavy atom. The molecule has 0 aliphatic heterocycles. The van der Waals surface area contributed by atoms with Crippen LogP contribution in [0.4, 0.5) is 0 Å². The van der Waals surface area contributed by atoms with Gasteiger partial charge in [0.25, 0.3) is 0 Å². The highest BCUT2D eigenvalue weighted by Crippen LogP contribution is 2.39. The van der Waals surface area contributed by atoms with Crippen LogP contribution in [0.15, 0.2) is 114 Å². The van der Waals surface area contributed by atoms with E-state index in [2.05, 4.69) is 24.3 Å². The van der Waals surface area contributed by atoms with Crippen LogP contribution in [0, 0.1) is 11.3 Å². The molecule has 4 aromatic carbocycles. The van der Waals surface area contributed by atoms with Gasteiger partial charge in [-0.15, -0.1) is 0 Å². The zero-order chi connectivity index (χ0) is 21.8. The van der Waals surface area contributed by atoms with E-state index in [-0.39, 0.29) is 7.43 Å². The highest BCUT2D eigenvalue weighted by atomic mass is 16.4. The minimum Gasteiger partial charge on any atom is -0.435 e. The van der Waals surface area contributed by atoms with Crippen LogP contribution in [0.1, 0.15) is 13.0 Å². The van der Waals surface area contributed by atoms with Crippen LogP contribution in [-0.2, 0) is 6.42 Å². The second kappa shape index (κ2) is 9.80. The van der Waals surface area contributed by atoms with Gasteiger partial charge in [-0.05, 0) is 22.8 Å². The summed E-state index contributed by atoms with van der Waals surface area (Å²) in [4.78, 5) is 4.95. The lowest BCUT2D eigenvalue weighted by atomic mass is 9.97. The largest absolute Gasteiger partial charge is 0.435 e. The highest BCUT2D eigenvalue weighted by Gasteiger charge is 2.20. The van der Waals surface area contributed by atoms with E-state index in [1.165, 1.54) is 0 Å². The number of hydrogen-bond donors (Lipinski definition) is 0. The molecule has 0 aliphatic carbocycles. The Bertz CT molecular complexity index is 1340. The Hall–Kier alpha value is -4.42. The van der Waals surface area contributed by atoms with Crippen molar-refractivity contribution in [3.05, 3.63) is 115 Å². The zero-order valence-corrected chi connectivity index (χ0v) is 17.4. The third-order valence-electron chi connectivity index (χ3n) is 5.39. The molecule has 33 heavy (non-hydrogen) atoms. The molecule has 0 aliphatic rings. The molecule has 0 saturated heterocycles. The van der Waals surface area contributed by atoms with Crippen LogP contribution in [0.5, 0.6) is 0 Å². The topological polar surface area (TPSA) is 49.8 Å². The minimum absolute atomic E-state index is 0. The van der Waals surface area contributed by atoms with Gasteiger partial charge >= 0.3 is 0 Å². The van der Waals surface area contributed by atoms with Gasteiger partial charge in [-0.3, -0.25) is 0 Å². The van der Waals surface area contributed by atoms with Crippen molar-refractivity contribution in [2.45, 2.75) is 13.8 Å². The molecular formula is C30H24N2O. The molecule has 0 radical (unpaired) electrons. The average molecular weight is 429 g/mol. The van der Waals surface area contributed by atoms with Gasteiger partial charge in [-0.25, -0.2) is 4.98 Å². The van der Waals surface area contributed by atoms with Crippen molar-refractivity contribution in [1.82, 2.24) is 4.98 Å². The molecule has 5 aromatic rings. The molecule has 0 N–H and O–H groups in total. The molecule has 0 amide bonds. The predicted molar refractivity (Wildman–Crippen MR) is 134 cm³/mol. The van der Waals surface area contributed by atoms with Gasteiger partial charge in [0, 0.05) is 16.7 Å². The summed E-state index contributed by atoms with van der Waals surface area (Å²) in [6, 6.07) is 38.6. The first kappa shape index (κ1) is 21.8. The molecule has 5 rings (SSSR count). The maximum Gasteiger partial charge on any atom is 0.227 e. The normalized spacial score (nSPS) is 10.3. The first-order valence-corrected chi connectivity index (χ1v) is 10.5. The highest BCUT2D eigenvalue weighted by molar-refractivity contribution is 5.84. The second-order valence-electron chi connectivity index (χ2n) is 7.51. The molecule has 160 valence electrons. The SMILES string of the molecule is C.N#CCc1cccc(-c2ccccc2-c2nc(-c3ccccc3)c(-c3ccccc3)o2)c1. The van der Waals surface area contributed by atoms with Crippen molar-refractivity contribution >= 4 is 0 Å². The quantitative estimate of drug-likeness (QED) is 0.284. The first-order valence-electron chi connectivity index (χ1n) is 10.5. The Morgan fingerprint density at radius 1 is 0.667 bits per heavy atom. The minimum atomic E-state index is 0. The monoisotopic (exact) mass is 428 g/mol. The van der Waals surface area contributed by atoms with Gasteiger partial charge in [-0.2, -0.15) is 5.26 Å². The first-order chi connectivity index (χ1) is 15.8.